The third-order valence-corrected chi connectivity index (χ3v) is 11.9. The van der Waals surface area contributed by atoms with Crippen molar-refractivity contribution in [3.63, 3.8) is 0 Å². The third-order valence-electron chi connectivity index (χ3n) is 8.96. The minimum atomic E-state index is 0.238. The van der Waals surface area contributed by atoms with E-state index in [1.54, 1.807) is 22.7 Å². The van der Waals surface area contributed by atoms with E-state index in [4.69, 9.17) is 52.0 Å². The standard InChI is InChI=1S/C15H19ClN4S.C9H6Cl2N2S.C6H14N2/c16-15-19-13(18-9-6-4-8(17)5-7-9)12-10-2-1-3-11(10)21-14(12)20-15;10-7-6-4-2-1-3-5(4)14-8(6)13-9(11)12-7;7-5-1-2-6(8)4-3-5/h8-9H,1-7,17H2,(H,18,19,20);1-3H2;5-6H,1-4,7-8H2. The summed E-state index contributed by atoms with van der Waals surface area (Å²) < 4.78 is 0. The number of nitrogens with two attached hydrogens (primary N) is 3. The highest BCUT2D eigenvalue weighted by Crippen LogP contribution is 2.41. The van der Waals surface area contributed by atoms with E-state index in [1.807, 2.05) is 0 Å². The van der Waals surface area contributed by atoms with Crippen molar-refractivity contribution in [1.29, 1.82) is 0 Å². The van der Waals surface area contributed by atoms with Crippen LogP contribution in [0.3, 0.4) is 0 Å². The zero-order chi connectivity index (χ0) is 30.1. The Labute approximate surface area is 275 Å². The molecular formula is C30H39Cl3N8S2. The predicted octanol–water partition coefficient (Wildman–Crippen LogP) is 7.22. The van der Waals surface area contributed by atoms with E-state index < -0.39 is 0 Å². The van der Waals surface area contributed by atoms with Crippen LogP contribution in [0.15, 0.2) is 0 Å². The van der Waals surface area contributed by atoms with Crippen molar-refractivity contribution < 1.29 is 0 Å². The van der Waals surface area contributed by atoms with Gasteiger partial charge in [0.2, 0.25) is 10.6 Å². The summed E-state index contributed by atoms with van der Waals surface area (Å²) in [6.45, 7) is 0. The second kappa shape index (κ2) is 14.0. The van der Waals surface area contributed by atoms with Gasteiger partial charge in [0.15, 0.2) is 0 Å². The maximum absolute atomic E-state index is 6.11. The Bertz CT molecular complexity index is 1570. The summed E-state index contributed by atoms with van der Waals surface area (Å²) in [5, 5.41) is 6.94. The fourth-order valence-corrected chi connectivity index (χ4v) is 9.95. The molecule has 0 saturated heterocycles. The summed E-state index contributed by atoms with van der Waals surface area (Å²) in [7, 11) is 0. The van der Waals surface area contributed by atoms with Crippen molar-refractivity contribution in [2.24, 2.45) is 17.2 Å². The lowest BCUT2D eigenvalue weighted by atomic mass is 9.92. The molecule has 0 aromatic carbocycles. The van der Waals surface area contributed by atoms with E-state index in [1.165, 1.54) is 45.5 Å². The first-order chi connectivity index (χ1) is 20.7. The van der Waals surface area contributed by atoms with Gasteiger partial charge >= 0.3 is 0 Å². The minimum absolute atomic E-state index is 0.238. The Kier molecular flexibility index (Phi) is 10.3. The first-order valence-electron chi connectivity index (χ1n) is 15.4. The molecule has 0 bridgehead atoms. The maximum atomic E-state index is 6.11. The van der Waals surface area contributed by atoms with Gasteiger partial charge in [-0.1, -0.05) is 11.6 Å². The Morgan fingerprint density at radius 1 is 0.581 bits per heavy atom. The zero-order valence-corrected chi connectivity index (χ0v) is 28.1. The second-order valence-electron chi connectivity index (χ2n) is 12.1. The summed E-state index contributed by atoms with van der Waals surface area (Å²) >= 11 is 21.4. The van der Waals surface area contributed by atoms with Gasteiger partial charge in [-0.3, -0.25) is 0 Å². The van der Waals surface area contributed by atoms with Crippen molar-refractivity contribution in [2.45, 2.75) is 114 Å². The molecule has 13 heteroatoms. The third kappa shape index (κ3) is 7.38. The monoisotopic (exact) mass is 680 g/mol. The fraction of sp³-hybridized carbons (Fsp3) is 0.600. The summed E-state index contributed by atoms with van der Waals surface area (Å²) in [6, 6.07) is 1.70. The van der Waals surface area contributed by atoms with Crippen LogP contribution in [0.25, 0.3) is 20.4 Å². The molecule has 4 aromatic rings. The average molecular weight is 682 g/mol. The van der Waals surface area contributed by atoms with Crippen LogP contribution in [-0.2, 0) is 25.7 Å². The molecule has 8 nitrogen and oxygen atoms in total. The van der Waals surface area contributed by atoms with Crippen LogP contribution in [0.1, 0.15) is 85.1 Å². The number of hydrogen-bond donors (Lipinski definition) is 4. The van der Waals surface area contributed by atoms with Crippen molar-refractivity contribution in [2.75, 3.05) is 5.32 Å². The van der Waals surface area contributed by atoms with Gasteiger partial charge in [0.25, 0.3) is 0 Å². The van der Waals surface area contributed by atoms with Crippen molar-refractivity contribution in [3.05, 3.63) is 36.6 Å². The van der Waals surface area contributed by atoms with Gasteiger partial charge in [0.05, 0.1) is 10.8 Å². The van der Waals surface area contributed by atoms with Crippen LogP contribution < -0.4 is 22.5 Å². The molecule has 0 atom stereocenters. The Balaban J connectivity index is 0.000000128. The number of halogens is 3. The molecule has 2 fully saturated rings. The number of fused-ring (bicyclic) bond motifs is 6. The Hall–Kier alpha value is -1.37. The van der Waals surface area contributed by atoms with Crippen LogP contribution in [0.5, 0.6) is 0 Å². The van der Waals surface area contributed by atoms with Gasteiger partial charge in [-0.15, -0.1) is 22.7 Å². The number of rotatable bonds is 2. The summed E-state index contributed by atoms with van der Waals surface area (Å²) in [5.41, 5.74) is 20.1. The molecule has 4 aromatic heterocycles. The molecule has 2 saturated carbocycles. The molecule has 4 heterocycles. The predicted molar refractivity (Wildman–Crippen MR) is 182 cm³/mol. The van der Waals surface area contributed by atoms with Gasteiger partial charge in [-0.2, -0.15) is 0 Å². The van der Waals surface area contributed by atoms with Crippen molar-refractivity contribution >= 4 is 83.7 Å². The fourth-order valence-electron chi connectivity index (χ4n) is 6.60. The van der Waals surface area contributed by atoms with E-state index in [9.17, 15) is 0 Å². The molecule has 7 N–H and O–H groups in total. The van der Waals surface area contributed by atoms with E-state index in [-0.39, 0.29) is 5.28 Å². The average Bonchev–Trinajstić information content (AvgIpc) is 3.73. The first-order valence-corrected chi connectivity index (χ1v) is 18.2. The van der Waals surface area contributed by atoms with E-state index in [0.717, 1.165) is 91.5 Å². The first kappa shape index (κ1) is 31.6. The van der Waals surface area contributed by atoms with Crippen LogP contribution in [0.4, 0.5) is 5.82 Å². The van der Waals surface area contributed by atoms with E-state index >= 15 is 0 Å². The Morgan fingerprint density at radius 2 is 1.05 bits per heavy atom. The van der Waals surface area contributed by atoms with Gasteiger partial charge in [0, 0.05) is 33.9 Å². The number of aryl methyl sites for hydroxylation is 4. The number of nitrogens with zero attached hydrogens (tertiary/aromatic N) is 4. The zero-order valence-electron chi connectivity index (χ0n) is 24.2. The van der Waals surface area contributed by atoms with Crippen molar-refractivity contribution in [3.8, 4) is 0 Å². The Morgan fingerprint density at radius 3 is 1.60 bits per heavy atom. The van der Waals surface area contributed by atoms with Gasteiger partial charge < -0.3 is 22.5 Å². The van der Waals surface area contributed by atoms with Crippen LogP contribution in [0.2, 0.25) is 15.7 Å². The molecule has 8 rings (SSSR count). The molecule has 4 aliphatic rings. The lowest BCUT2D eigenvalue weighted by Crippen LogP contribution is -2.33. The number of thiophene rings is 2. The summed E-state index contributed by atoms with van der Waals surface area (Å²) in [6.07, 6.45) is 15.9. The second-order valence-corrected chi connectivity index (χ2v) is 15.3. The number of aromatic nitrogens is 4. The number of anilines is 1. The molecule has 4 aliphatic carbocycles. The molecule has 0 spiro atoms. The van der Waals surface area contributed by atoms with Crippen LogP contribution in [0, 0.1) is 0 Å². The van der Waals surface area contributed by atoms with E-state index in [2.05, 4.69) is 25.3 Å². The molecule has 43 heavy (non-hydrogen) atoms. The molecule has 0 aliphatic heterocycles. The SMILES string of the molecule is Clc1nc(Cl)c2c3c(sc2n1)CCC3.NC1CCC(N)CC1.NC1CCC(Nc2nc(Cl)nc3sc4c(c23)CCC4)CC1. The highest BCUT2D eigenvalue weighted by Gasteiger charge is 2.25. The molecular weight excluding hydrogens is 643 g/mol. The maximum Gasteiger partial charge on any atom is 0.225 e. The normalized spacial score (nSPS) is 24.6. The van der Waals surface area contributed by atoms with Crippen molar-refractivity contribution in [1.82, 2.24) is 19.9 Å². The van der Waals surface area contributed by atoms with E-state index in [0.29, 0.717) is 34.6 Å². The lowest BCUT2D eigenvalue weighted by Gasteiger charge is -2.27. The minimum Gasteiger partial charge on any atom is -0.367 e. The lowest BCUT2D eigenvalue weighted by molar-refractivity contribution is 0.395. The van der Waals surface area contributed by atoms with Crippen LogP contribution >= 0.6 is 57.5 Å². The molecule has 232 valence electrons. The molecule has 0 amide bonds. The topological polar surface area (TPSA) is 142 Å². The van der Waals surface area contributed by atoms with Crippen LogP contribution in [-0.4, -0.2) is 44.1 Å². The van der Waals surface area contributed by atoms with Gasteiger partial charge in [0.1, 0.15) is 20.6 Å². The smallest absolute Gasteiger partial charge is 0.225 e. The number of hydrogen-bond acceptors (Lipinski definition) is 10. The quantitative estimate of drug-likeness (QED) is 0.128. The highest BCUT2D eigenvalue weighted by atomic mass is 35.5. The number of nitrogens with one attached hydrogen (secondary N) is 1. The summed E-state index contributed by atoms with van der Waals surface area (Å²) in [4.78, 5) is 21.9. The molecule has 0 unspecified atom stereocenters. The largest absolute Gasteiger partial charge is 0.367 e. The molecule has 0 radical (unpaired) electrons. The van der Waals surface area contributed by atoms with Gasteiger partial charge in [-0.25, -0.2) is 19.9 Å². The summed E-state index contributed by atoms with van der Waals surface area (Å²) in [5.74, 6) is 0.935. The van der Waals surface area contributed by atoms with Gasteiger partial charge in [-0.05, 0) is 124 Å². The highest BCUT2D eigenvalue weighted by molar-refractivity contribution is 7.19.